The van der Waals surface area contributed by atoms with E-state index in [1.54, 1.807) is 0 Å². The maximum Gasteiger partial charge on any atom is 0.0703 e. The highest BCUT2D eigenvalue weighted by atomic mass is 16.5. The van der Waals surface area contributed by atoms with Crippen LogP contribution < -0.4 is 5.32 Å². The molecule has 2 heterocycles. The zero-order valence-electron chi connectivity index (χ0n) is 11.0. The van der Waals surface area contributed by atoms with E-state index in [0.717, 1.165) is 26.2 Å². The van der Waals surface area contributed by atoms with E-state index >= 15 is 0 Å². The summed E-state index contributed by atoms with van der Waals surface area (Å²) in [5.41, 5.74) is 0.300. The third-order valence-corrected chi connectivity index (χ3v) is 4.09. The molecule has 2 aliphatic rings. The molecule has 0 saturated carbocycles. The summed E-state index contributed by atoms with van der Waals surface area (Å²) >= 11 is 0. The molecule has 3 heteroatoms. The monoisotopic (exact) mass is 226 g/mol. The standard InChI is InChI=1S/C13H26N2O/c1-11-9-14-7-6-13(2,3)15(11)10-12-5-4-8-16-12/h11-12,14H,4-10H2,1-3H3. The first-order chi connectivity index (χ1) is 7.59. The Labute approximate surface area is 99.5 Å². The van der Waals surface area contributed by atoms with Crippen LogP contribution >= 0.6 is 0 Å². The highest BCUT2D eigenvalue weighted by molar-refractivity contribution is 4.91. The van der Waals surface area contributed by atoms with Gasteiger partial charge in [0, 0.05) is 31.3 Å². The highest BCUT2D eigenvalue weighted by Gasteiger charge is 2.34. The van der Waals surface area contributed by atoms with Crippen molar-refractivity contribution in [2.75, 3.05) is 26.2 Å². The van der Waals surface area contributed by atoms with Crippen molar-refractivity contribution in [2.45, 2.75) is 57.7 Å². The topological polar surface area (TPSA) is 24.5 Å². The highest BCUT2D eigenvalue weighted by Crippen LogP contribution is 2.26. The minimum absolute atomic E-state index is 0.300. The average molecular weight is 226 g/mol. The van der Waals surface area contributed by atoms with Gasteiger partial charge in [-0.1, -0.05) is 0 Å². The molecule has 2 rings (SSSR count). The molecule has 2 aliphatic heterocycles. The molecule has 2 unspecified atom stereocenters. The van der Waals surface area contributed by atoms with E-state index in [2.05, 4.69) is 31.0 Å². The summed E-state index contributed by atoms with van der Waals surface area (Å²) in [6.07, 6.45) is 4.18. The Balaban J connectivity index is 2.00. The van der Waals surface area contributed by atoms with Crippen molar-refractivity contribution in [3.63, 3.8) is 0 Å². The summed E-state index contributed by atoms with van der Waals surface area (Å²) in [7, 11) is 0. The summed E-state index contributed by atoms with van der Waals surface area (Å²) in [6.45, 7) is 11.4. The lowest BCUT2D eigenvalue weighted by Gasteiger charge is -2.41. The number of hydrogen-bond acceptors (Lipinski definition) is 3. The molecule has 0 spiro atoms. The minimum atomic E-state index is 0.300. The molecule has 0 aromatic rings. The Kier molecular flexibility index (Phi) is 3.88. The second-order valence-electron chi connectivity index (χ2n) is 5.90. The molecule has 0 bridgehead atoms. The van der Waals surface area contributed by atoms with Gasteiger partial charge in [-0.15, -0.1) is 0 Å². The Morgan fingerprint density at radius 3 is 2.94 bits per heavy atom. The van der Waals surface area contributed by atoms with Gasteiger partial charge in [-0.3, -0.25) is 4.90 Å². The lowest BCUT2D eigenvalue weighted by molar-refractivity contribution is 0.0142. The van der Waals surface area contributed by atoms with Gasteiger partial charge in [0.25, 0.3) is 0 Å². The van der Waals surface area contributed by atoms with Crippen LogP contribution in [0.3, 0.4) is 0 Å². The molecule has 0 aromatic carbocycles. The summed E-state index contributed by atoms with van der Waals surface area (Å²) in [5, 5.41) is 3.53. The zero-order valence-corrected chi connectivity index (χ0v) is 11.0. The Morgan fingerprint density at radius 1 is 1.44 bits per heavy atom. The molecule has 16 heavy (non-hydrogen) atoms. The van der Waals surface area contributed by atoms with Crippen molar-refractivity contribution in [2.24, 2.45) is 0 Å². The van der Waals surface area contributed by atoms with E-state index in [1.165, 1.54) is 19.3 Å². The molecule has 0 radical (unpaired) electrons. The van der Waals surface area contributed by atoms with Crippen LogP contribution in [0.4, 0.5) is 0 Å². The fourth-order valence-corrected chi connectivity index (χ4v) is 2.99. The van der Waals surface area contributed by atoms with Gasteiger partial charge in [0.1, 0.15) is 0 Å². The van der Waals surface area contributed by atoms with Crippen molar-refractivity contribution in [3.8, 4) is 0 Å². The van der Waals surface area contributed by atoms with Gasteiger partial charge in [-0.05, 0) is 46.6 Å². The minimum Gasteiger partial charge on any atom is -0.377 e. The number of ether oxygens (including phenoxy) is 1. The molecule has 3 nitrogen and oxygen atoms in total. The molecule has 2 atom stereocenters. The van der Waals surface area contributed by atoms with Crippen molar-refractivity contribution in [3.05, 3.63) is 0 Å². The molecule has 0 amide bonds. The van der Waals surface area contributed by atoms with Gasteiger partial charge in [-0.25, -0.2) is 0 Å². The average Bonchev–Trinajstić information content (AvgIpc) is 2.69. The van der Waals surface area contributed by atoms with E-state index < -0.39 is 0 Å². The maximum atomic E-state index is 5.78. The number of rotatable bonds is 2. The first-order valence-corrected chi connectivity index (χ1v) is 6.69. The molecular formula is C13H26N2O. The van der Waals surface area contributed by atoms with Crippen LogP contribution in [0, 0.1) is 0 Å². The molecular weight excluding hydrogens is 200 g/mol. The van der Waals surface area contributed by atoms with Gasteiger partial charge >= 0.3 is 0 Å². The first-order valence-electron chi connectivity index (χ1n) is 6.69. The van der Waals surface area contributed by atoms with Crippen molar-refractivity contribution < 1.29 is 4.74 Å². The third kappa shape index (κ3) is 2.76. The largest absolute Gasteiger partial charge is 0.377 e. The molecule has 2 fully saturated rings. The van der Waals surface area contributed by atoms with Gasteiger partial charge in [0.2, 0.25) is 0 Å². The van der Waals surface area contributed by atoms with Crippen LogP contribution in [-0.4, -0.2) is 48.8 Å². The van der Waals surface area contributed by atoms with E-state index in [4.69, 9.17) is 4.74 Å². The maximum absolute atomic E-state index is 5.78. The summed E-state index contributed by atoms with van der Waals surface area (Å²) < 4.78 is 5.78. The van der Waals surface area contributed by atoms with Gasteiger partial charge < -0.3 is 10.1 Å². The summed E-state index contributed by atoms with van der Waals surface area (Å²) in [6, 6.07) is 0.613. The summed E-state index contributed by atoms with van der Waals surface area (Å²) in [5.74, 6) is 0. The van der Waals surface area contributed by atoms with E-state index in [9.17, 15) is 0 Å². The van der Waals surface area contributed by atoms with Crippen molar-refractivity contribution in [1.82, 2.24) is 10.2 Å². The van der Waals surface area contributed by atoms with Gasteiger partial charge in [0.05, 0.1) is 6.10 Å². The van der Waals surface area contributed by atoms with Crippen LogP contribution in [0.1, 0.15) is 40.0 Å². The molecule has 0 aliphatic carbocycles. The number of nitrogens with zero attached hydrogens (tertiary/aromatic N) is 1. The van der Waals surface area contributed by atoms with Crippen molar-refractivity contribution in [1.29, 1.82) is 0 Å². The third-order valence-electron chi connectivity index (χ3n) is 4.09. The zero-order chi connectivity index (χ0) is 11.6. The number of hydrogen-bond donors (Lipinski definition) is 1. The predicted molar refractivity (Wildman–Crippen MR) is 66.7 cm³/mol. The second kappa shape index (κ2) is 5.03. The fourth-order valence-electron chi connectivity index (χ4n) is 2.99. The van der Waals surface area contributed by atoms with E-state index in [0.29, 0.717) is 17.7 Å². The lowest BCUT2D eigenvalue weighted by Crippen LogP contribution is -2.52. The van der Waals surface area contributed by atoms with E-state index in [1.807, 2.05) is 0 Å². The van der Waals surface area contributed by atoms with Gasteiger partial charge in [0.15, 0.2) is 0 Å². The first kappa shape index (κ1) is 12.3. The summed E-state index contributed by atoms with van der Waals surface area (Å²) in [4.78, 5) is 2.64. The van der Waals surface area contributed by atoms with Gasteiger partial charge in [-0.2, -0.15) is 0 Å². The molecule has 2 saturated heterocycles. The molecule has 94 valence electrons. The smallest absolute Gasteiger partial charge is 0.0703 e. The fraction of sp³-hybridized carbons (Fsp3) is 1.00. The van der Waals surface area contributed by atoms with Crippen LogP contribution in [0.15, 0.2) is 0 Å². The molecule has 0 aromatic heterocycles. The van der Waals surface area contributed by atoms with Crippen LogP contribution in [0.2, 0.25) is 0 Å². The van der Waals surface area contributed by atoms with E-state index in [-0.39, 0.29) is 0 Å². The lowest BCUT2D eigenvalue weighted by atomic mass is 9.96. The number of nitrogens with one attached hydrogen (secondary N) is 1. The Morgan fingerprint density at radius 2 is 2.25 bits per heavy atom. The Hall–Kier alpha value is -0.120. The Bertz CT molecular complexity index is 224. The normalized spacial score (nSPS) is 36.2. The second-order valence-corrected chi connectivity index (χ2v) is 5.90. The van der Waals surface area contributed by atoms with Crippen LogP contribution in [0.5, 0.6) is 0 Å². The van der Waals surface area contributed by atoms with Crippen LogP contribution in [0.25, 0.3) is 0 Å². The van der Waals surface area contributed by atoms with Crippen LogP contribution in [-0.2, 0) is 4.74 Å². The molecule has 1 N–H and O–H groups in total. The predicted octanol–water partition coefficient (Wildman–Crippen LogP) is 1.63. The van der Waals surface area contributed by atoms with Crippen molar-refractivity contribution >= 4 is 0 Å². The SMILES string of the molecule is CC1CNCCC(C)(C)N1CC1CCCO1. The quantitative estimate of drug-likeness (QED) is 0.774.